The monoisotopic (exact) mass is 241 g/mol. The van der Waals surface area contributed by atoms with Gasteiger partial charge >= 0.3 is 0 Å². The zero-order valence-electron chi connectivity index (χ0n) is 10.7. The van der Waals surface area contributed by atoms with E-state index in [1.807, 2.05) is 24.4 Å². The van der Waals surface area contributed by atoms with Crippen LogP contribution in [-0.2, 0) is 0 Å². The number of pyridine rings is 1. The fraction of sp³-hybridized carbons (Fsp3) is 0.400. The van der Waals surface area contributed by atoms with Crippen LogP contribution in [0.1, 0.15) is 32.6 Å². The summed E-state index contributed by atoms with van der Waals surface area (Å²) < 4.78 is 0. The molecule has 0 aliphatic heterocycles. The van der Waals surface area contributed by atoms with Crippen LogP contribution in [0.5, 0.6) is 0 Å². The first-order valence-electron chi connectivity index (χ1n) is 6.59. The summed E-state index contributed by atoms with van der Waals surface area (Å²) in [6, 6.07) is 8.02. The molecule has 1 aliphatic rings. The lowest BCUT2D eigenvalue weighted by Gasteiger charge is -2.27. The van der Waals surface area contributed by atoms with Crippen LogP contribution in [0, 0.1) is 0 Å². The van der Waals surface area contributed by atoms with Crippen molar-refractivity contribution >= 4 is 22.3 Å². The van der Waals surface area contributed by atoms with Crippen molar-refractivity contribution in [1.82, 2.24) is 4.98 Å². The number of hydrogen-bond acceptors (Lipinski definition) is 3. The van der Waals surface area contributed by atoms with Gasteiger partial charge in [-0.1, -0.05) is 25.0 Å². The van der Waals surface area contributed by atoms with E-state index < -0.39 is 0 Å². The van der Waals surface area contributed by atoms with Crippen molar-refractivity contribution in [2.75, 3.05) is 11.1 Å². The second kappa shape index (κ2) is 4.16. The van der Waals surface area contributed by atoms with Crippen LogP contribution < -0.4 is 11.1 Å². The quantitative estimate of drug-likeness (QED) is 0.790. The molecule has 1 aromatic heterocycles. The molecule has 94 valence electrons. The van der Waals surface area contributed by atoms with Gasteiger partial charge in [-0.25, -0.2) is 0 Å². The molecule has 3 rings (SSSR count). The minimum atomic E-state index is 0.221. The average molecular weight is 241 g/mol. The summed E-state index contributed by atoms with van der Waals surface area (Å²) in [5.41, 5.74) is 8.98. The molecule has 18 heavy (non-hydrogen) atoms. The van der Waals surface area contributed by atoms with Crippen molar-refractivity contribution in [1.29, 1.82) is 0 Å². The molecule has 1 aliphatic carbocycles. The summed E-state index contributed by atoms with van der Waals surface area (Å²) in [6.45, 7) is 2.30. The van der Waals surface area contributed by atoms with Gasteiger partial charge in [-0.3, -0.25) is 4.98 Å². The Hall–Kier alpha value is -1.77. The van der Waals surface area contributed by atoms with Crippen molar-refractivity contribution in [3.05, 3.63) is 30.5 Å². The third kappa shape index (κ3) is 1.90. The molecule has 0 spiro atoms. The summed E-state index contributed by atoms with van der Waals surface area (Å²) >= 11 is 0. The number of nitrogens with one attached hydrogen (secondary N) is 1. The molecule has 3 N–H and O–H groups in total. The van der Waals surface area contributed by atoms with Crippen LogP contribution in [0.4, 0.5) is 11.4 Å². The number of nitrogens with two attached hydrogens (primary N) is 1. The Kier molecular flexibility index (Phi) is 2.62. The summed E-state index contributed by atoms with van der Waals surface area (Å²) in [4.78, 5) is 4.37. The minimum absolute atomic E-state index is 0.221. The van der Waals surface area contributed by atoms with E-state index in [1.54, 1.807) is 0 Å². The van der Waals surface area contributed by atoms with Gasteiger partial charge in [-0.05, 0) is 31.9 Å². The highest BCUT2D eigenvalue weighted by molar-refractivity contribution is 5.97. The zero-order valence-corrected chi connectivity index (χ0v) is 10.7. The van der Waals surface area contributed by atoms with Crippen LogP contribution in [0.3, 0.4) is 0 Å². The fourth-order valence-corrected chi connectivity index (χ4v) is 2.91. The van der Waals surface area contributed by atoms with E-state index in [2.05, 4.69) is 23.3 Å². The summed E-state index contributed by atoms with van der Waals surface area (Å²) in [6.07, 6.45) is 6.93. The van der Waals surface area contributed by atoms with E-state index >= 15 is 0 Å². The number of rotatable bonds is 2. The molecule has 0 bridgehead atoms. The molecule has 1 aromatic carbocycles. The van der Waals surface area contributed by atoms with Crippen LogP contribution in [-0.4, -0.2) is 10.5 Å². The highest BCUT2D eigenvalue weighted by atomic mass is 15.0. The van der Waals surface area contributed by atoms with Gasteiger partial charge in [0.15, 0.2) is 0 Å². The molecule has 2 aromatic rings. The third-order valence-electron chi connectivity index (χ3n) is 3.95. The predicted molar refractivity (Wildman–Crippen MR) is 76.7 cm³/mol. The van der Waals surface area contributed by atoms with E-state index in [0.717, 1.165) is 22.3 Å². The summed E-state index contributed by atoms with van der Waals surface area (Å²) in [5, 5.41) is 4.81. The van der Waals surface area contributed by atoms with Gasteiger partial charge < -0.3 is 11.1 Å². The Morgan fingerprint density at radius 1 is 1.22 bits per heavy atom. The molecule has 3 nitrogen and oxygen atoms in total. The maximum atomic E-state index is 5.98. The number of nitrogen functional groups attached to an aromatic ring is 1. The molecule has 0 radical (unpaired) electrons. The first kappa shape index (κ1) is 11.3. The fourth-order valence-electron chi connectivity index (χ4n) is 2.91. The second-order valence-corrected chi connectivity index (χ2v) is 5.49. The molecule has 0 unspecified atom stereocenters. The number of para-hydroxylation sites is 1. The number of hydrogen-bond donors (Lipinski definition) is 2. The number of nitrogens with zero attached hydrogens (tertiary/aromatic N) is 1. The zero-order chi connectivity index (χ0) is 12.6. The Labute approximate surface area is 107 Å². The Bertz CT molecular complexity index is 571. The SMILES string of the molecule is CC1(Nc2ccnc3c(N)cccc23)CCCC1. The van der Waals surface area contributed by atoms with Crippen molar-refractivity contribution in [2.24, 2.45) is 0 Å². The molecule has 1 saturated carbocycles. The average Bonchev–Trinajstić information content (AvgIpc) is 2.77. The van der Waals surface area contributed by atoms with Crippen molar-refractivity contribution in [2.45, 2.75) is 38.1 Å². The first-order valence-corrected chi connectivity index (χ1v) is 6.59. The van der Waals surface area contributed by atoms with Gasteiger partial charge in [0.1, 0.15) is 0 Å². The smallest absolute Gasteiger partial charge is 0.0951 e. The minimum Gasteiger partial charge on any atom is -0.397 e. The van der Waals surface area contributed by atoms with Gasteiger partial charge in [0, 0.05) is 22.8 Å². The summed E-state index contributed by atoms with van der Waals surface area (Å²) in [7, 11) is 0. The van der Waals surface area contributed by atoms with Crippen LogP contribution in [0.2, 0.25) is 0 Å². The van der Waals surface area contributed by atoms with Gasteiger partial charge in [-0.2, -0.15) is 0 Å². The van der Waals surface area contributed by atoms with Crippen molar-refractivity contribution in [3.8, 4) is 0 Å². The maximum absolute atomic E-state index is 5.98. The van der Waals surface area contributed by atoms with E-state index in [0.29, 0.717) is 0 Å². The molecule has 0 saturated heterocycles. The molecule has 0 atom stereocenters. The number of anilines is 2. The van der Waals surface area contributed by atoms with E-state index in [9.17, 15) is 0 Å². The normalized spacial score (nSPS) is 18.1. The number of aromatic nitrogens is 1. The summed E-state index contributed by atoms with van der Waals surface area (Å²) in [5.74, 6) is 0. The largest absolute Gasteiger partial charge is 0.397 e. The van der Waals surface area contributed by atoms with Gasteiger partial charge in [0.05, 0.1) is 11.2 Å². The second-order valence-electron chi connectivity index (χ2n) is 5.49. The van der Waals surface area contributed by atoms with Crippen LogP contribution in [0.25, 0.3) is 10.9 Å². The Morgan fingerprint density at radius 3 is 2.78 bits per heavy atom. The predicted octanol–water partition coefficient (Wildman–Crippen LogP) is 3.56. The highest BCUT2D eigenvalue weighted by Crippen LogP contribution is 2.35. The van der Waals surface area contributed by atoms with E-state index in [1.165, 1.54) is 25.7 Å². The van der Waals surface area contributed by atoms with E-state index in [4.69, 9.17) is 5.73 Å². The first-order chi connectivity index (χ1) is 8.68. The van der Waals surface area contributed by atoms with Crippen LogP contribution >= 0.6 is 0 Å². The molecule has 3 heteroatoms. The van der Waals surface area contributed by atoms with Gasteiger partial charge in [-0.15, -0.1) is 0 Å². The maximum Gasteiger partial charge on any atom is 0.0951 e. The molecular weight excluding hydrogens is 222 g/mol. The van der Waals surface area contributed by atoms with E-state index in [-0.39, 0.29) is 5.54 Å². The molecular formula is C15H19N3. The van der Waals surface area contributed by atoms with Crippen LogP contribution in [0.15, 0.2) is 30.5 Å². The molecule has 0 amide bonds. The molecule has 1 fully saturated rings. The Balaban J connectivity index is 2.04. The lowest BCUT2D eigenvalue weighted by Crippen LogP contribution is -2.30. The topological polar surface area (TPSA) is 50.9 Å². The lowest BCUT2D eigenvalue weighted by atomic mass is 9.99. The van der Waals surface area contributed by atoms with Gasteiger partial charge in [0.2, 0.25) is 0 Å². The highest BCUT2D eigenvalue weighted by Gasteiger charge is 2.28. The number of benzene rings is 1. The van der Waals surface area contributed by atoms with Gasteiger partial charge in [0.25, 0.3) is 0 Å². The lowest BCUT2D eigenvalue weighted by molar-refractivity contribution is 0.534. The molecule has 1 heterocycles. The number of fused-ring (bicyclic) bond motifs is 1. The van der Waals surface area contributed by atoms with Crippen molar-refractivity contribution in [3.63, 3.8) is 0 Å². The Morgan fingerprint density at radius 2 is 2.00 bits per heavy atom. The third-order valence-corrected chi connectivity index (χ3v) is 3.95. The van der Waals surface area contributed by atoms with Crippen molar-refractivity contribution < 1.29 is 0 Å². The standard InChI is InChI=1S/C15H19N3/c1-15(8-2-3-9-15)18-13-7-10-17-14-11(13)5-4-6-12(14)16/h4-7,10H,2-3,8-9,16H2,1H3,(H,17,18).